The highest BCUT2D eigenvalue weighted by molar-refractivity contribution is 6.30. The number of halogens is 1. The highest BCUT2D eigenvalue weighted by Crippen LogP contribution is 2.19. The van der Waals surface area contributed by atoms with Crippen molar-refractivity contribution < 1.29 is 0 Å². The first-order valence-electron chi connectivity index (χ1n) is 6.98. The molecule has 0 bridgehead atoms. The fourth-order valence-electron chi connectivity index (χ4n) is 2.53. The largest absolute Gasteiger partial charge is 0.327 e. The Morgan fingerprint density at radius 3 is 2.82 bits per heavy atom. The third kappa shape index (κ3) is 2.83. The van der Waals surface area contributed by atoms with Gasteiger partial charge in [0.15, 0.2) is 0 Å². The molecule has 0 radical (unpaired) electrons. The molecule has 1 aromatic carbocycles. The second-order valence-electron chi connectivity index (χ2n) is 5.34. The molecular formula is C17H16ClN3O. The molecule has 112 valence electrons. The average Bonchev–Trinajstić information content (AvgIpc) is 2.92. The third-order valence-electron chi connectivity index (χ3n) is 3.58. The maximum Gasteiger partial charge on any atom is 0.253 e. The first-order valence-corrected chi connectivity index (χ1v) is 7.35. The summed E-state index contributed by atoms with van der Waals surface area (Å²) in [5.74, 6) is 0.832. The van der Waals surface area contributed by atoms with E-state index in [4.69, 9.17) is 11.6 Å². The zero-order valence-corrected chi connectivity index (χ0v) is 13.2. The fraction of sp³-hybridized carbons (Fsp3) is 0.176. The molecule has 5 heteroatoms. The summed E-state index contributed by atoms with van der Waals surface area (Å²) in [7, 11) is 1.75. The molecule has 0 atom stereocenters. The Labute approximate surface area is 133 Å². The minimum absolute atomic E-state index is 0.0108. The van der Waals surface area contributed by atoms with Crippen LogP contribution in [0.3, 0.4) is 0 Å². The van der Waals surface area contributed by atoms with E-state index in [1.807, 2.05) is 54.2 Å². The quantitative estimate of drug-likeness (QED) is 0.744. The normalized spacial score (nSPS) is 10.9. The summed E-state index contributed by atoms with van der Waals surface area (Å²) in [4.78, 5) is 16.3. The Morgan fingerprint density at radius 1 is 1.27 bits per heavy atom. The van der Waals surface area contributed by atoms with Gasteiger partial charge in [0.05, 0.1) is 0 Å². The first-order chi connectivity index (χ1) is 10.5. The van der Waals surface area contributed by atoms with E-state index in [0.29, 0.717) is 12.1 Å². The van der Waals surface area contributed by atoms with Crippen LogP contribution in [0.5, 0.6) is 0 Å². The van der Waals surface area contributed by atoms with Crippen LogP contribution in [0.2, 0.25) is 5.02 Å². The lowest BCUT2D eigenvalue weighted by Gasteiger charge is -2.10. The molecule has 22 heavy (non-hydrogen) atoms. The van der Waals surface area contributed by atoms with E-state index < -0.39 is 0 Å². The van der Waals surface area contributed by atoms with Gasteiger partial charge in [-0.25, -0.2) is 4.98 Å². The van der Waals surface area contributed by atoms with Crippen LogP contribution in [0, 0.1) is 6.92 Å². The van der Waals surface area contributed by atoms with E-state index in [9.17, 15) is 4.79 Å². The maximum absolute atomic E-state index is 11.8. The minimum atomic E-state index is 0.0108. The lowest BCUT2D eigenvalue weighted by atomic mass is 10.2. The molecule has 2 aromatic heterocycles. The zero-order valence-electron chi connectivity index (χ0n) is 12.5. The van der Waals surface area contributed by atoms with Gasteiger partial charge in [0, 0.05) is 48.3 Å². The summed E-state index contributed by atoms with van der Waals surface area (Å²) in [5, 5.41) is 0.720. The predicted molar refractivity (Wildman–Crippen MR) is 88.2 cm³/mol. The van der Waals surface area contributed by atoms with Crippen molar-refractivity contribution in [3.8, 4) is 11.4 Å². The van der Waals surface area contributed by atoms with E-state index >= 15 is 0 Å². The van der Waals surface area contributed by atoms with E-state index in [0.717, 1.165) is 22.0 Å². The summed E-state index contributed by atoms with van der Waals surface area (Å²) in [5.41, 5.74) is 2.74. The Bertz CT molecular complexity index is 853. The van der Waals surface area contributed by atoms with Gasteiger partial charge in [-0.3, -0.25) is 4.79 Å². The lowest BCUT2D eigenvalue weighted by Crippen LogP contribution is -2.18. The Morgan fingerprint density at radius 2 is 2.09 bits per heavy atom. The number of pyridine rings is 1. The molecule has 3 aromatic rings. The highest BCUT2D eigenvalue weighted by atomic mass is 35.5. The van der Waals surface area contributed by atoms with Crippen LogP contribution in [0.4, 0.5) is 0 Å². The molecule has 0 N–H and O–H groups in total. The molecule has 0 fully saturated rings. The van der Waals surface area contributed by atoms with Crippen LogP contribution >= 0.6 is 11.6 Å². The first kappa shape index (κ1) is 14.6. The van der Waals surface area contributed by atoms with Crippen molar-refractivity contribution in [2.45, 2.75) is 13.5 Å². The molecule has 0 amide bonds. The van der Waals surface area contributed by atoms with E-state index in [1.165, 1.54) is 0 Å². The van der Waals surface area contributed by atoms with Crippen molar-refractivity contribution in [3.05, 3.63) is 75.4 Å². The molecule has 3 rings (SSSR count). The number of hydrogen-bond donors (Lipinski definition) is 0. The molecule has 2 heterocycles. The summed E-state index contributed by atoms with van der Waals surface area (Å²) >= 11 is 6.04. The predicted octanol–water partition coefficient (Wildman–Crippen LogP) is 3.26. The van der Waals surface area contributed by atoms with Crippen molar-refractivity contribution in [3.63, 3.8) is 0 Å². The minimum Gasteiger partial charge on any atom is -0.327 e. The molecule has 4 nitrogen and oxygen atoms in total. The Hall–Kier alpha value is -2.33. The van der Waals surface area contributed by atoms with Gasteiger partial charge in [-0.2, -0.15) is 0 Å². The van der Waals surface area contributed by atoms with Crippen molar-refractivity contribution >= 4 is 11.6 Å². The SMILES string of the molecule is Cc1cc(-c2nccn2Cc2cccc(Cl)c2)cn(C)c1=O. The van der Waals surface area contributed by atoms with Crippen LogP contribution in [0.25, 0.3) is 11.4 Å². The van der Waals surface area contributed by atoms with Gasteiger partial charge < -0.3 is 9.13 Å². The van der Waals surface area contributed by atoms with Crippen LogP contribution in [-0.2, 0) is 13.6 Å². The van der Waals surface area contributed by atoms with E-state index in [2.05, 4.69) is 4.98 Å². The van der Waals surface area contributed by atoms with Crippen molar-refractivity contribution in [1.29, 1.82) is 0 Å². The molecule has 0 aliphatic heterocycles. The second-order valence-corrected chi connectivity index (χ2v) is 5.77. The average molecular weight is 314 g/mol. The van der Waals surface area contributed by atoms with Gasteiger partial charge in [-0.15, -0.1) is 0 Å². The summed E-state index contributed by atoms with van der Waals surface area (Å²) in [6.07, 6.45) is 5.50. The standard InChI is InChI=1S/C17H16ClN3O/c1-12-8-14(11-20(2)17(12)22)16-19-6-7-21(16)10-13-4-3-5-15(18)9-13/h3-9,11H,10H2,1-2H3. The Kier molecular flexibility index (Phi) is 3.86. The molecule has 0 aliphatic carbocycles. The smallest absolute Gasteiger partial charge is 0.253 e. The van der Waals surface area contributed by atoms with Crippen LogP contribution in [-0.4, -0.2) is 14.1 Å². The second kappa shape index (κ2) is 5.81. The molecule has 0 saturated carbocycles. The summed E-state index contributed by atoms with van der Waals surface area (Å²) < 4.78 is 3.63. The van der Waals surface area contributed by atoms with Crippen LogP contribution in [0.1, 0.15) is 11.1 Å². The topological polar surface area (TPSA) is 39.8 Å². The third-order valence-corrected chi connectivity index (χ3v) is 3.81. The van der Waals surface area contributed by atoms with Gasteiger partial charge in [0.25, 0.3) is 5.56 Å². The van der Waals surface area contributed by atoms with Gasteiger partial charge in [-0.1, -0.05) is 23.7 Å². The monoisotopic (exact) mass is 313 g/mol. The molecule has 0 aliphatic rings. The summed E-state index contributed by atoms with van der Waals surface area (Å²) in [6, 6.07) is 9.64. The number of nitrogens with zero attached hydrogens (tertiary/aromatic N) is 3. The van der Waals surface area contributed by atoms with E-state index in [-0.39, 0.29) is 5.56 Å². The van der Waals surface area contributed by atoms with Gasteiger partial charge in [0.1, 0.15) is 5.82 Å². The highest BCUT2D eigenvalue weighted by Gasteiger charge is 2.09. The van der Waals surface area contributed by atoms with Crippen LogP contribution < -0.4 is 5.56 Å². The van der Waals surface area contributed by atoms with Gasteiger partial charge in [-0.05, 0) is 30.7 Å². The number of aromatic nitrogens is 3. The van der Waals surface area contributed by atoms with Crippen molar-refractivity contribution in [2.24, 2.45) is 7.05 Å². The van der Waals surface area contributed by atoms with Crippen LogP contribution in [0.15, 0.2) is 53.7 Å². The summed E-state index contributed by atoms with van der Waals surface area (Å²) in [6.45, 7) is 2.49. The number of aryl methyl sites for hydroxylation is 2. The zero-order chi connectivity index (χ0) is 15.7. The lowest BCUT2D eigenvalue weighted by molar-refractivity contribution is 0.798. The van der Waals surface area contributed by atoms with Gasteiger partial charge >= 0.3 is 0 Å². The number of rotatable bonds is 3. The molecule has 0 saturated heterocycles. The van der Waals surface area contributed by atoms with Gasteiger partial charge in [0.2, 0.25) is 0 Å². The molecule has 0 spiro atoms. The fourth-order valence-corrected chi connectivity index (χ4v) is 2.74. The van der Waals surface area contributed by atoms with Crippen molar-refractivity contribution in [2.75, 3.05) is 0 Å². The number of hydrogen-bond acceptors (Lipinski definition) is 2. The van der Waals surface area contributed by atoms with E-state index in [1.54, 1.807) is 17.8 Å². The van der Waals surface area contributed by atoms with Crippen molar-refractivity contribution in [1.82, 2.24) is 14.1 Å². The Balaban J connectivity index is 2.01. The number of benzene rings is 1. The molecule has 0 unspecified atom stereocenters. The maximum atomic E-state index is 11.8. The molecular weight excluding hydrogens is 298 g/mol. The number of imidazole rings is 1.